The maximum atomic E-state index is 13.0. The monoisotopic (exact) mass is 990 g/mol. The standard InChI is InChI=1S/C32H34ClN7O.C24H30ClN5/c1-37-11-13-38(14-12-37)22-25-19-24-3-2-10-35-30(24)31(28-9-6-26(33)20-29(25)28)39-15-17-40(18-16-39)32(41)36-27-7-4-23(21-34)5-8-27;1-28-11-13-29(14-12-28)17-19-15-18-3-2-6-27-23(18)24(30-9-7-26-8-10-30)21-5-4-20(25)16-22(19)21/h2-10,19-20,31H,11-18,22H2,1H3,(H,36,41);2-6,15-16,24,26H,7-14,17H2,1H3. The van der Waals surface area contributed by atoms with Crippen molar-refractivity contribution in [3.8, 4) is 6.07 Å². The van der Waals surface area contributed by atoms with E-state index in [1.807, 2.05) is 35.5 Å². The molecule has 0 radical (unpaired) electrons. The van der Waals surface area contributed by atoms with Gasteiger partial charge in [0.25, 0.3) is 0 Å². The van der Waals surface area contributed by atoms with Crippen molar-refractivity contribution in [3.63, 3.8) is 0 Å². The SMILES string of the molecule is CN1CCN(CC2=Cc3cccnc3C(N3CCN(C(=O)Nc4ccc(C#N)cc4)CC3)c3ccc(Cl)cc32)CC1.CN1CCN(CC2=Cc3cccnc3C(N3CCNCC3)c3ccc(Cl)cc32)CC1. The van der Waals surface area contributed by atoms with Gasteiger partial charge in [0.1, 0.15) is 0 Å². The van der Waals surface area contributed by atoms with Crippen molar-refractivity contribution in [2.75, 3.05) is 137 Å². The van der Waals surface area contributed by atoms with E-state index in [2.05, 4.69) is 115 Å². The summed E-state index contributed by atoms with van der Waals surface area (Å²) in [6.45, 7) is 17.2. The van der Waals surface area contributed by atoms with Gasteiger partial charge in [-0.2, -0.15) is 5.26 Å². The van der Waals surface area contributed by atoms with E-state index in [0.717, 1.165) is 132 Å². The van der Waals surface area contributed by atoms with Crippen molar-refractivity contribution in [1.29, 1.82) is 5.26 Å². The van der Waals surface area contributed by atoms with Crippen LogP contribution in [0.15, 0.2) is 97.3 Å². The fourth-order valence-electron chi connectivity index (χ4n) is 10.9. The highest BCUT2D eigenvalue weighted by Crippen LogP contribution is 2.42. The second-order valence-corrected chi connectivity index (χ2v) is 20.5. The molecule has 11 rings (SSSR count). The van der Waals surface area contributed by atoms with Crippen LogP contribution in [0.3, 0.4) is 0 Å². The molecule has 2 N–H and O–H groups in total. The van der Waals surface area contributed by atoms with Crippen LogP contribution in [0.25, 0.3) is 23.3 Å². The lowest BCUT2D eigenvalue weighted by Crippen LogP contribution is -2.51. The first kappa shape index (κ1) is 49.1. The predicted molar refractivity (Wildman–Crippen MR) is 286 cm³/mol. The lowest BCUT2D eigenvalue weighted by atomic mass is 9.93. The zero-order valence-electron chi connectivity index (χ0n) is 40.9. The summed E-state index contributed by atoms with van der Waals surface area (Å²) in [6, 6.07) is 30.2. The fourth-order valence-corrected chi connectivity index (χ4v) is 11.3. The van der Waals surface area contributed by atoms with E-state index in [0.29, 0.717) is 24.3 Å². The zero-order valence-corrected chi connectivity index (χ0v) is 42.4. The number of hydrogen-bond donors (Lipinski definition) is 2. The quantitative estimate of drug-likeness (QED) is 0.169. The molecule has 2 unspecified atom stereocenters. The summed E-state index contributed by atoms with van der Waals surface area (Å²) in [5.41, 5.74) is 13.4. The van der Waals surface area contributed by atoms with Gasteiger partial charge in [0.05, 0.1) is 35.1 Å². The number of nitrogens with zero attached hydrogens (tertiary/aromatic N) is 10. The van der Waals surface area contributed by atoms with Gasteiger partial charge in [-0.1, -0.05) is 47.5 Å². The molecule has 0 saturated carbocycles. The Bertz CT molecular complexity index is 2780. The average Bonchev–Trinajstić information content (AvgIpc) is 3.62. The van der Waals surface area contributed by atoms with Crippen LogP contribution >= 0.6 is 23.2 Å². The van der Waals surface area contributed by atoms with E-state index in [1.54, 1.807) is 24.3 Å². The van der Waals surface area contributed by atoms with Crippen molar-refractivity contribution < 1.29 is 4.79 Å². The Morgan fingerprint density at radius 2 is 1.11 bits per heavy atom. The maximum Gasteiger partial charge on any atom is 0.321 e. The molecule has 2 atom stereocenters. The van der Waals surface area contributed by atoms with Gasteiger partial charge < -0.3 is 25.3 Å². The summed E-state index contributed by atoms with van der Waals surface area (Å²) in [5.74, 6) is 0. The molecule has 13 nitrogen and oxygen atoms in total. The van der Waals surface area contributed by atoms with Crippen molar-refractivity contribution in [1.82, 2.24) is 49.6 Å². The molecule has 3 aromatic carbocycles. The van der Waals surface area contributed by atoms with E-state index in [-0.39, 0.29) is 18.1 Å². The molecule has 0 bridgehead atoms. The third-order valence-corrected chi connectivity index (χ3v) is 15.4. The topological polar surface area (TPSA) is 113 Å². The van der Waals surface area contributed by atoms with E-state index in [4.69, 9.17) is 38.4 Å². The van der Waals surface area contributed by atoms with E-state index < -0.39 is 0 Å². The number of hydrogen-bond acceptors (Lipinski definition) is 11. The molecule has 4 saturated heterocycles. The van der Waals surface area contributed by atoms with Crippen LogP contribution in [-0.4, -0.2) is 182 Å². The number of pyridine rings is 2. The zero-order chi connectivity index (χ0) is 48.8. The molecule has 71 heavy (non-hydrogen) atoms. The summed E-state index contributed by atoms with van der Waals surface area (Å²) in [4.78, 5) is 39.6. The van der Waals surface area contributed by atoms with Gasteiger partial charge in [-0.15, -0.1) is 0 Å². The van der Waals surface area contributed by atoms with Gasteiger partial charge in [0.2, 0.25) is 0 Å². The van der Waals surface area contributed by atoms with Crippen LogP contribution in [0.4, 0.5) is 10.5 Å². The molecule has 4 aliphatic heterocycles. The second kappa shape index (κ2) is 22.5. The number of aromatic nitrogens is 2. The first-order valence-corrected chi connectivity index (χ1v) is 25.9. The smallest absolute Gasteiger partial charge is 0.321 e. The first-order chi connectivity index (χ1) is 34.7. The van der Waals surface area contributed by atoms with E-state index in [1.165, 1.54) is 39.0 Å². The molecule has 368 valence electrons. The number of piperazine rings is 4. The highest BCUT2D eigenvalue weighted by atomic mass is 35.5. The third-order valence-electron chi connectivity index (χ3n) is 15.0. The Balaban J connectivity index is 0.000000172. The molecule has 2 amide bonds. The molecular weight excluding hydrogens is 928 g/mol. The minimum absolute atomic E-state index is 0.0385. The number of benzene rings is 3. The molecule has 6 aliphatic rings. The first-order valence-electron chi connectivity index (χ1n) is 25.1. The number of halogens is 2. The van der Waals surface area contributed by atoms with Crippen molar-refractivity contribution in [2.45, 2.75) is 12.1 Å². The van der Waals surface area contributed by atoms with Gasteiger partial charge in [0, 0.05) is 146 Å². The van der Waals surface area contributed by atoms with Crippen LogP contribution in [0.5, 0.6) is 0 Å². The van der Waals surface area contributed by atoms with Crippen LogP contribution in [0.1, 0.15) is 62.4 Å². The molecule has 4 fully saturated rings. The molecule has 6 heterocycles. The number of amides is 2. The lowest BCUT2D eigenvalue weighted by Gasteiger charge is -2.40. The highest BCUT2D eigenvalue weighted by Gasteiger charge is 2.35. The van der Waals surface area contributed by atoms with Gasteiger partial charge >= 0.3 is 6.03 Å². The Kier molecular flexibility index (Phi) is 15.6. The number of fused-ring (bicyclic) bond motifs is 4. The lowest BCUT2D eigenvalue weighted by molar-refractivity contribution is 0.125. The number of anilines is 1. The molecule has 5 aromatic rings. The Morgan fingerprint density at radius 3 is 1.59 bits per heavy atom. The number of nitrogens with one attached hydrogen (secondary N) is 2. The minimum atomic E-state index is -0.128. The minimum Gasteiger partial charge on any atom is -0.322 e. The number of carbonyl (C=O) groups excluding carboxylic acids is 1. The largest absolute Gasteiger partial charge is 0.322 e. The fraction of sp³-hybridized carbons (Fsp3) is 0.393. The van der Waals surface area contributed by atoms with Crippen molar-refractivity contribution in [2.24, 2.45) is 0 Å². The average molecular weight is 992 g/mol. The van der Waals surface area contributed by atoms with Crippen LogP contribution < -0.4 is 10.6 Å². The van der Waals surface area contributed by atoms with Crippen LogP contribution in [0, 0.1) is 11.3 Å². The maximum absolute atomic E-state index is 13.0. The van der Waals surface area contributed by atoms with E-state index >= 15 is 0 Å². The molecule has 2 aromatic heterocycles. The van der Waals surface area contributed by atoms with Gasteiger partial charge in [0.15, 0.2) is 0 Å². The van der Waals surface area contributed by atoms with Gasteiger partial charge in [-0.25, -0.2) is 4.79 Å². The van der Waals surface area contributed by atoms with Crippen molar-refractivity contribution >= 4 is 58.2 Å². The Labute approximate surface area is 428 Å². The number of urea groups is 1. The molecule has 0 spiro atoms. The normalized spacial score (nSPS) is 21.4. The molecule has 15 heteroatoms. The van der Waals surface area contributed by atoms with E-state index in [9.17, 15) is 4.79 Å². The van der Waals surface area contributed by atoms with Crippen molar-refractivity contribution in [3.05, 3.63) is 158 Å². The second-order valence-electron chi connectivity index (χ2n) is 19.7. The number of nitriles is 1. The summed E-state index contributed by atoms with van der Waals surface area (Å²) < 4.78 is 0. The summed E-state index contributed by atoms with van der Waals surface area (Å²) >= 11 is 13.1. The Morgan fingerprint density at radius 1 is 0.634 bits per heavy atom. The van der Waals surface area contributed by atoms with Gasteiger partial charge in [-0.05, 0) is 131 Å². The summed E-state index contributed by atoms with van der Waals surface area (Å²) in [7, 11) is 4.39. The number of likely N-dealkylation sites (N-methyl/N-ethyl adjacent to an activating group) is 2. The predicted octanol–water partition coefficient (Wildman–Crippen LogP) is 7.48. The van der Waals surface area contributed by atoms with Gasteiger partial charge in [-0.3, -0.25) is 29.6 Å². The summed E-state index contributed by atoms with van der Waals surface area (Å²) in [5, 5.41) is 17.0. The highest BCUT2D eigenvalue weighted by molar-refractivity contribution is 6.31. The van der Waals surface area contributed by atoms with Crippen LogP contribution in [0.2, 0.25) is 10.0 Å². The third kappa shape index (κ3) is 11.4. The number of rotatable bonds is 7. The van der Waals surface area contributed by atoms with Crippen LogP contribution in [-0.2, 0) is 0 Å². The molecular formula is C56H64Cl2N12O. The Hall–Kier alpha value is -5.50. The molecule has 2 aliphatic carbocycles. The summed E-state index contributed by atoms with van der Waals surface area (Å²) in [6.07, 6.45) is 8.47. The number of carbonyl (C=O) groups is 1.